The third-order valence-corrected chi connectivity index (χ3v) is 3.31. The van der Waals surface area contributed by atoms with Gasteiger partial charge in [-0.3, -0.25) is 4.79 Å². The first-order valence-corrected chi connectivity index (χ1v) is 7.28. The molecule has 0 amide bonds. The summed E-state index contributed by atoms with van der Waals surface area (Å²) in [6.07, 6.45) is 2.48. The number of esters is 1. The van der Waals surface area contributed by atoms with Gasteiger partial charge < -0.3 is 9.72 Å². The Morgan fingerprint density at radius 1 is 1.35 bits per heavy atom. The number of nitrogens with one attached hydrogen (secondary N) is 1. The fraction of sp³-hybridized carbons (Fsp3) is 0.357. The number of halogens is 3. The Morgan fingerprint density at radius 2 is 2.05 bits per heavy atom. The molecule has 0 unspecified atom stereocenters. The number of alkyl halides is 3. The standard InChI is InChI=1S/C14H14Cl3NO2/c1-9(13(19)20-8-14(15,16)17)6-10-7-18-12-5-3-2-4-11(10)12/h2-5,7,9,18H,6,8H2,1H3/t9-/m0/s1. The predicted octanol–water partition coefficient (Wildman–Crippen LogP) is 4.26. The van der Waals surface area contributed by atoms with E-state index in [0.29, 0.717) is 6.42 Å². The molecule has 1 aromatic heterocycles. The smallest absolute Gasteiger partial charge is 0.309 e. The number of aromatic amines is 1. The van der Waals surface area contributed by atoms with E-state index in [1.54, 1.807) is 6.92 Å². The minimum atomic E-state index is -1.57. The molecule has 1 atom stereocenters. The van der Waals surface area contributed by atoms with Gasteiger partial charge in [0.2, 0.25) is 3.79 Å². The van der Waals surface area contributed by atoms with Crippen LogP contribution in [0, 0.1) is 5.92 Å². The van der Waals surface area contributed by atoms with Crippen molar-refractivity contribution in [2.45, 2.75) is 17.1 Å². The number of hydrogen-bond acceptors (Lipinski definition) is 2. The predicted molar refractivity (Wildman–Crippen MR) is 82.4 cm³/mol. The van der Waals surface area contributed by atoms with E-state index in [-0.39, 0.29) is 18.5 Å². The molecule has 0 saturated carbocycles. The molecule has 0 spiro atoms. The minimum Gasteiger partial charge on any atom is -0.461 e. The number of aromatic nitrogens is 1. The van der Waals surface area contributed by atoms with Crippen molar-refractivity contribution < 1.29 is 9.53 Å². The molecule has 0 radical (unpaired) electrons. The Balaban J connectivity index is 2.00. The first kappa shape index (κ1) is 15.5. The van der Waals surface area contributed by atoms with Crippen LogP contribution in [0.2, 0.25) is 0 Å². The van der Waals surface area contributed by atoms with Crippen LogP contribution in [0.25, 0.3) is 10.9 Å². The molecule has 0 bridgehead atoms. The molecule has 108 valence electrons. The van der Waals surface area contributed by atoms with Crippen LogP contribution >= 0.6 is 34.8 Å². The van der Waals surface area contributed by atoms with Crippen LogP contribution in [0.5, 0.6) is 0 Å². The first-order chi connectivity index (χ1) is 9.37. The van der Waals surface area contributed by atoms with Crippen LogP contribution in [0.3, 0.4) is 0 Å². The third kappa shape index (κ3) is 4.05. The number of H-pyrrole nitrogens is 1. The Bertz CT molecular complexity index is 604. The van der Waals surface area contributed by atoms with Crippen LogP contribution in [0.1, 0.15) is 12.5 Å². The Labute approximate surface area is 132 Å². The van der Waals surface area contributed by atoms with Crippen LogP contribution < -0.4 is 0 Å². The molecule has 2 rings (SSSR count). The number of benzene rings is 1. The van der Waals surface area contributed by atoms with Gasteiger partial charge in [0.15, 0.2) is 0 Å². The van der Waals surface area contributed by atoms with E-state index in [1.165, 1.54) is 0 Å². The van der Waals surface area contributed by atoms with E-state index in [1.807, 2.05) is 30.5 Å². The Kier molecular flexibility index (Phi) is 4.84. The van der Waals surface area contributed by atoms with E-state index in [9.17, 15) is 4.79 Å². The lowest BCUT2D eigenvalue weighted by Crippen LogP contribution is -2.22. The maximum atomic E-state index is 11.8. The number of fused-ring (bicyclic) bond motifs is 1. The minimum absolute atomic E-state index is 0.241. The van der Waals surface area contributed by atoms with E-state index in [4.69, 9.17) is 39.5 Å². The zero-order valence-corrected chi connectivity index (χ0v) is 13.1. The topological polar surface area (TPSA) is 42.1 Å². The maximum Gasteiger partial charge on any atom is 0.309 e. The van der Waals surface area contributed by atoms with Crippen molar-refractivity contribution in [2.24, 2.45) is 5.92 Å². The molecule has 0 aliphatic heterocycles. The van der Waals surface area contributed by atoms with Gasteiger partial charge >= 0.3 is 5.97 Å². The lowest BCUT2D eigenvalue weighted by atomic mass is 10.0. The fourth-order valence-electron chi connectivity index (χ4n) is 2.01. The lowest BCUT2D eigenvalue weighted by Gasteiger charge is -2.14. The fourth-order valence-corrected chi connectivity index (χ4v) is 2.17. The maximum absolute atomic E-state index is 11.8. The molecular formula is C14H14Cl3NO2. The van der Waals surface area contributed by atoms with Crippen molar-refractivity contribution in [3.8, 4) is 0 Å². The summed E-state index contributed by atoms with van der Waals surface area (Å²) in [5.74, 6) is -0.678. The second-order valence-corrected chi connectivity index (χ2v) is 7.20. The van der Waals surface area contributed by atoms with E-state index in [0.717, 1.165) is 16.5 Å². The van der Waals surface area contributed by atoms with Crippen molar-refractivity contribution in [3.05, 3.63) is 36.0 Å². The summed E-state index contributed by atoms with van der Waals surface area (Å²) in [5, 5.41) is 1.11. The molecule has 1 heterocycles. The zero-order chi connectivity index (χ0) is 14.8. The van der Waals surface area contributed by atoms with Crippen LogP contribution in [0.15, 0.2) is 30.5 Å². The first-order valence-electron chi connectivity index (χ1n) is 6.15. The largest absolute Gasteiger partial charge is 0.461 e. The van der Waals surface area contributed by atoms with E-state index < -0.39 is 3.79 Å². The highest BCUT2D eigenvalue weighted by molar-refractivity contribution is 6.67. The molecule has 6 heteroatoms. The third-order valence-electron chi connectivity index (χ3n) is 2.98. The van der Waals surface area contributed by atoms with Gasteiger partial charge in [-0.2, -0.15) is 0 Å². The zero-order valence-electron chi connectivity index (χ0n) is 10.8. The van der Waals surface area contributed by atoms with Crippen LogP contribution in [0.4, 0.5) is 0 Å². The van der Waals surface area contributed by atoms with Crippen LogP contribution in [-0.2, 0) is 16.0 Å². The van der Waals surface area contributed by atoms with Gasteiger partial charge in [-0.25, -0.2) is 0 Å². The van der Waals surface area contributed by atoms with Gasteiger partial charge in [-0.15, -0.1) is 0 Å². The summed E-state index contributed by atoms with van der Waals surface area (Å²) in [6.45, 7) is 1.55. The van der Waals surface area contributed by atoms with Gasteiger partial charge in [0.1, 0.15) is 6.61 Å². The van der Waals surface area contributed by atoms with Crippen molar-refractivity contribution >= 4 is 51.7 Å². The summed E-state index contributed by atoms with van der Waals surface area (Å²) in [4.78, 5) is 15.0. The monoisotopic (exact) mass is 333 g/mol. The van der Waals surface area contributed by atoms with Crippen molar-refractivity contribution in [2.75, 3.05) is 6.61 Å². The second kappa shape index (κ2) is 6.25. The summed E-state index contributed by atoms with van der Waals surface area (Å²) < 4.78 is 3.41. The summed E-state index contributed by atoms with van der Waals surface area (Å²) in [5.41, 5.74) is 2.11. The second-order valence-electron chi connectivity index (χ2n) is 4.69. The SMILES string of the molecule is C[C@@H](Cc1c[nH]c2ccccc12)C(=O)OCC(Cl)(Cl)Cl. The highest BCUT2D eigenvalue weighted by Gasteiger charge is 2.24. The number of carbonyl (C=O) groups excluding carboxylic acids is 1. The van der Waals surface area contributed by atoms with Gasteiger partial charge in [0.25, 0.3) is 0 Å². The number of para-hydroxylation sites is 1. The highest BCUT2D eigenvalue weighted by Crippen LogP contribution is 2.27. The van der Waals surface area contributed by atoms with E-state index in [2.05, 4.69) is 4.98 Å². The van der Waals surface area contributed by atoms with Crippen molar-refractivity contribution in [1.29, 1.82) is 0 Å². The van der Waals surface area contributed by atoms with Gasteiger partial charge in [0, 0.05) is 17.1 Å². The number of carbonyl (C=O) groups is 1. The molecule has 20 heavy (non-hydrogen) atoms. The number of rotatable bonds is 4. The van der Waals surface area contributed by atoms with Crippen molar-refractivity contribution in [1.82, 2.24) is 4.98 Å². The van der Waals surface area contributed by atoms with Crippen LogP contribution in [-0.4, -0.2) is 21.4 Å². The summed E-state index contributed by atoms with van der Waals surface area (Å²) in [6, 6.07) is 7.93. The van der Waals surface area contributed by atoms with E-state index >= 15 is 0 Å². The molecule has 0 aliphatic rings. The van der Waals surface area contributed by atoms with Gasteiger partial charge in [0.05, 0.1) is 5.92 Å². The normalized spacial score (nSPS) is 13.4. The Hall–Kier alpha value is -0.900. The molecule has 0 saturated heterocycles. The molecule has 1 N–H and O–H groups in total. The van der Waals surface area contributed by atoms with Crippen molar-refractivity contribution in [3.63, 3.8) is 0 Å². The molecule has 0 aliphatic carbocycles. The van der Waals surface area contributed by atoms with Gasteiger partial charge in [-0.05, 0) is 18.1 Å². The summed E-state index contributed by atoms with van der Waals surface area (Å²) in [7, 11) is 0. The average molecular weight is 335 g/mol. The quantitative estimate of drug-likeness (QED) is 0.670. The number of ether oxygens (including phenoxy) is 1. The Morgan fingerprint density at radius 3 is 2.75 bits per heavy atom. The average Bonchev–Trinajstić information content (AvgIpc) is 2.78. The van der Waals surface area contributed by atoms with Gasteiger partial charge in [-0.1, -0.05) is 59.9 Å². The molecule has 3 nitrogen and oxygen atoms in total. The lowest BCUT2D eigenvalue weighted by molar-refractivity contribution is -0.147. The molecule has 2 aromatic rings. The summed E-state index contributed by atoms with van der Waals surface area (Å²) >= 11 is 16.7. The molecule has 0 fully saturated rings. The highest BCUT2D eigenvalue weighted by atomic mass is 35.6. The molecular weight excluding hydrogens is 321 g/mol. The molecule has 1 aromatic carbocycles. The number of hydrogen-bond donors (Lipinski definition) is 1.